The van der Waals surface area contributed by atoms with Gasteiger partial charge in [0.15, 0.2) is 0 Å². The molecule has 0 bridgehead atoms. The van der Waals surface area contributed by atoms with Crippen LogP contribution in [0.25, 0.3) is 10.2 Å². The van der Waals surface area contributed by atoms with Crippen LogP contribution in [-0.4, -0.2) is 59.5 Å². The van der Waals surface area contributed by atoms with Gasteiger partial charge in [0.05, 0.1) is 10.3 Å². The van der Waals surface area contributed by atoms with Crippen molar-refractivity contribution in [3.05, 3.63) is 46.9 Å². The van der Waals surface area contributed by atoms with Gasteiger partial charge in [-0.3, -0.25) is 4.79 Å². The highest BCUT2D eigenvalue weighted by Crippen LogP contribution is 2.37. The van der Waals surface area contributed by atoms with Gasteiger partial charge in [-0.15, -0.1) is 11.3 Å². The van der Waals surface area contributed by atoms with Crippen LogP contribution < -0.4 is 9.80 Å². The minimum atomic E-state index is -0.232. The molecule has 0 radical (unpaired) electrons. The van der Waals surface area contributed by atoms with Gasteiger partial charge in [0.1, 0.15) is 22.8 Å². The van der Waals surface area contributed by atoms with Crippen molar-refractivity contribution in [2.75, 3.05) is 42.5 Å². The van der Waals surface area contributed by atoms with E-state index in [0.717, 1.165) is 51.8 Å². The van der Waals surface area contributed by atoms with E-state index < -0.39 is 0 Å². The number of anilines is 2. The van der Waals surface area contributed by atoms with Crippen molar-refractivity contribution in [1.29, 1.82) is 0 Å². The second-order valence-electron chi connectivity index (χ2n) is 8.73. The Kier molecular flexibility index (Phi) is 5.71. The SMILES string of the molecule is Cc1c(C(=O)N2CCN(c3ccc(F)cc3)CC2)sc2ncnc(N3CCCC[C@@H]3C)c12. The normalized spacial score (nSPS) is 19.6. The van der Waals surface area contributed by atoms with E-state index in [2.05, 4.69) is 26.7 Å². The minimum Gasteiger partial charge on any atom is -0.368 e. The fourth-order valence-corrected chi connectivity index (χ4v) is 5.96. The van der Waals surface area contributed by atoms with Gasteiger partial charge in [0.2, 0.25) is 0 Å². The summed E-state index contributed by atoms with van der Waals surface area (Å²) in [7, 11) is 0. The maximum absolute atomic E-state index is 13.4. The number of aromatic nitrogens is 2. The van der Waals surface area contributed by atoms with Gasteiger partial charge < -0.3 is 14.7 Å². The number of amides is 1. The molecule has 2 aromatic heterocycles. The standard InChI is InChI=1S/C24H28FN5OS/c1-16-5-3-4-10-30(16)22-20-17(2)21(32-23(20)27-15-26-22)24(31)29-13-11-28(12-14-29)19-8-6-18(25)7-9-19/h6-9,15-16H,3-5,10-14H2,1-2H3/t16-/m0/s1. The Hall–Kier alpha value is -2.74. The monoisotopic (exact) mass is 453 g/mol. The molecule has 0 saturated carbocycles. The van der Waals surface area contributed by atoms with Crippen molar-refractivity contribution >= 4 is 39.0 Å². The number of fused-ring (bicyclic) bond motifs is 1. The van der Waals surface area contributed by atoms with Crippen molar-refractivity contribution in [3.8, 4) is 0 Å². The van der Waals surface area contributed by atoms with Crippen LogP contribution in [-0.2, 0) is 0 Å². The zero-order valence-electron chi connectivity index (χ0n) is 18.6. The summed E-state index contributed by atoms with van der Waals surface area (Å²) >= 11 is 1.48. The van der Waals surface area contributed by atoms with Crippen molar-refractivity contribution < 1.29 is 9.18 Å². The van der Waals surface area contributed by atoms with E-state index in [1.54, 1.807) is 18.5 Å². The Morgan fingerprint density at radius 3 is 2.53 bits per heavy atom. The lowest BCUT2D eigenvalue weighted by Crippen LogP contribution is -2.48. The van der Waals surface area contributed by atoms with Crippen LogP contribution in [0.5, 0.6) is 0 Å². The molecule has 2 fully saturated rings. The van der Waals surface area contributed by atoms with Crippen LogP contribution in [0.2, 0.25) is 0 Å². The molecule has 1 amide bonds. The molecule has 2 saturated heterocycles. The minimum absolute atomic E-state index is 0.0712. The largest absolute Gasteiger partial charge is 0.368 e. The molecule has 0 N–H and O–H groups in total. The number of nitrogens with zero attached hydrogens (tertiary/aromatic N) is 5. The lowest BCUT2D eigenvalue weighted by atomic mass is 10.0. The average molecular weight is 454 g/mol. The second kappa shape index (κ2) is 8.65. The predicted octanol–water partition coefficient (Wildman–Crippen LogP) is 4.48. The summed E-state index contributed by atoms with van der Waals surface area (Å²) in [6.45, 7) is 8.04. The third kappa shape index (κ3) is 3.81. The first-order chi connectivity index (χ1) is 15.5. The Morgan fingerprint density at radius 1 is 1.06 bits per heavy atom. The Labute approximate surface area is 191 Å². The van der Waals surface area contributed by atoms with Gasteiger partial charge in [0, 0.05) is 44.5 Å². The van der Waals surface area contributed by atoms with E-state index >= 15 is 0 Å². The third-order valence-electron chi connectivity index (χ3n) is 6.73. The highest BCUT2D eigenvalue weighted by molar-refractivity contribution is 7.20. The van der Waals surface area contributed by atoms with Crippen LogP contribution in [0, 0.1) is 12.7 Å². The number of rotatable bonds is 3. The maximum Gasteiger partial charge on any atom is 0.264 e. The summed E-state index contributed by atoms with van der Waals surface area (Å²) in [5.41, 5.74) is 1.98. The fourth-order valence-electron chi connectivity index (χ4n) is 4.85. The molecule has 0 aliphatic carbocycles. The third-order valence-corrected chi connectivity index (χ3v) is 7.92. The van der Waals surface area contributed by atoms with E-state index in [9.17, 15) is 9.18 Å². The van der Waals surface area contributed by atoms with Crippen LogP contribution in [0.1, 0.15) is 41.4 Å². The number of hydrogen-bond donors (Lipinski definition) is 0. The van der Waals surface area contributed by atoms with Gasteiger partial charge in [-0.1, -0.05) is 0 Å². The molecule has 2 aliphatic heterocycles. The number of carbonyl (C=O) groups excluding carboxylic acids is 1. The second-order valence-corrected chi connectivity index (χ2v) is 9.73. The summed E-state index contributed by atoms with van der Waals surface area (Å²) in [6.07, 6.45) is 5.22. The zero-order chi connectivity index (χ0) is 22.2. The lowest BCUT2D eigenvalue weighted by Gasteiger charge is -2.36. The first-order valence-corrected chi connectivity index (χ1v) is 12.1. The van der Waals surface area contributed by atoms with Gasteiger partial charge in [-0.25, -0.2) is 14.4 Å². The molecule has 0 spiro atoms. The number of halogens is 1. The number of hydrogen-bond acceptors (Lipinski definition) is 6. The highest BCUT2D eigenvalue weighted by atomic mass is 32.1. The number of carbonyl (C=O) groups is 1. The number of piperidine rings is 1. The quantitative estimate of drug-likeness (QED) is 0.585. The number of benzene rings is 1. The molecule has 6 nitrogen and oxygen atoms in total. The van der Waals surface area contributed by atoms with E-state index in [-0.39, 0.29) is 11.7 Å². The molecule has 0 unspecified atom stereocenters. The van der Waals surface area contributed by atoms with Crippen molar-refractivity contribution in [3.63, 3.8) is 0 Å². The van der Waals surface area contributed by atoms with Crippen LogP contribution in [0.3, 0.4) is 0 Å². The summed E-state index contributed by atoms with van der Waals surface area (Å²) < 4.78 is 13.2. The lowest BCUT2D eigenvalue weighted by molar-refractivity contribution is 0.0751. The van der Waals surface area contributed by atoms with Crippen molar-refractivity contribution in [2.45, 2.75) is 39.2 Å². The summed E-state index contributed by atoms with van der Waals surface area (Å²) in [5, 5.41) is 1.03. The van der Waals surface area contributed by atoms with E-state index in [1.165, 1.54) is 42.7 Å². The molecular weight excluding hydrogens is 425 g/mol. The average Bonchev–Trinajstić information content (AvgIpc) is 3.16. The fraction of sp³-hybridized carbons (Fsp3) is 0.458. The molecule has 3 aromatic rings. The molecule has 32 heavy (non-hydrogen) atoms. The van der Waals surface area contributed by atoms with E-state index in [4.69, 9.17) is 0 Å². The Balaban J connectivity index is 1.37. The van der Waals surface area contributed by atoms with Gasteiger partial charge in [-0.05, 0) is 62.9 Å². The molecule has 5 rings (SSSR count). The number of thiophene rings is 1. The maximum atomic E-state index is 13.4. The first-order valence-electron chi connectivity index (χ1n) is 11.3. The van der Waals surface area contributed by atoms with Gasteiger partial charge in [-0.2, -0.15) is 0 Å². The molecule has 4 heterocycles. The Bertz CT molecular complexity index is 1120. The predicted molar refractivity (Wildman–Crippen MR) is 127 cm³/mol. The molecule has 1 aromatic carbocycles. The van der Waals surface area contributed by atoms with Crippen molar-refractivity contribution in [2.24, 2.45) is 0 Å². The zero-order valence-corrected chi connectivity index (χ0v) is 19.4. The molecular formula is C24H28FN5OS. The summed E-state index contributed by atoms with van der Waals surface area (Å²) in [6, 6.07) is 7.00. The highest BCUT2D eigenvalue weighted by Gasteiger charge is 2.29. The van der Waals surface area contributed by atoms with E-state index in [0.29, 0.717) is 19.1 Å². The van der Waals surface area contributed by atoms with Crippen LogP contribution in [0.4, 0.5) is 15.9 Å². The molecule has 1 atom stereocenters. The van der Waals surface area contributed by atoms with Gasteiger partial charge in [0.25, 0.3) is 5.91 Å². The van der Waals surface area contributed by atoms with Crippen LogP contribution >= 0.6 is 11.3 Å². The molecule has 168 valence electrons. The summed E-state index contributed by atoms with van der Waals surface area (Å²) in [5.74, 6) is 0.808. The number of aryl methyl sites for hydroxylation is 1. The Morgan fingerprint density at radius 2 is 1.81 bits per heavy atom. The van der Waals surface area contributed by atoms with Gasteiger partial charge >= 0.3 is 0 Å². The molecule has 2 aliphatic rings. The van der Waals surface area contributed by atoms with Crippen molar-refractivity contribution in [1.82, 2.24) is 14.9 Å². The smallest absolute Gasteiger partial charge is 0.264 e. The topological polar surface area (TPSA) is 52.6 Å². The van der Waals surface area contributed by atoms with E-state index in [1.807, 2.05) is 11.8 Å². The summed E-state index contributed by atoms with van der Waals surface area (Å²) in [4.78, 5) is 30.7. The number of piperazine rings is 1. The molecule has 8 heteroatoms. The first kappa shape index (κ1) is 21.1. The van der Waals surface area contributed by atoms with Crippen LogP contribution in [0.15, 0.2) is 30.6 Å².